The quantitative estimate of drug-likeness (QED) is 0.598. The normalized spacial score (nSPS) is 16.2. The van der Waals surface area contributed by atoms with Gasteiger partial charge in [-0.25, -0.2) is 0 Å². The first-order valence-electron chi connectivity index (χ1n) is 9.46. The number of anilines is 1. The molecule has 29 heavy (non-hydrogen) atoms. The Hall–Kier alpha value is -3.22. The number of aromatic nitrogens is 1. The van der Waals surface area contributed by atoms with Gasteiger partial charge in [0.2, 0.25) is 11.7 Å². The highest BCUT2D eigenvalue weighted by molar-refractivity contribution is 6.04. The van der Waals surface area contributed by atoms with E-state index in [1.807, 2.05) is 31.2 Å². The number of esters is 1. The smallest absolute Gasteiger partial charge is 0.311 e. The first kappa shape index (κ1) is 20.5. The molecule has 0 saturated carbocycles. The van der Waals surface area contributed by atoms with E-state index >= 15 is 0 Å². The topological polar surface area (TPSA) is 96.5 Å². The lowest BCUT2D eigenvalue weighted by Crippen LogP contribution is -2.27. The standard InChI is InChI=1S/C22H24N2O5/c1-12-5-7-17(8-6-12)24-10-16(9-19(24)27)22(28)29-11-18(26)21-13(2)20(15(4)25)14(3)23-21/h5-8,16,23H,9-11H2,1-4H3/t16-/m1/s1. The van der Waals surface area contributed by atoms with Crippen LogP contribution < -0.4 is 4.90 Å². The van der Waals surface area contributed by atoms with Crippen LogP contribution in [0.15, 0.2) is 24.3 Å². The molecule has 0 bridgehead atoms. The molecule has 1 aromatic heterocycles. The van der Waals surface area contributed by atoms with Crippen LogP contribution >= 0.6 is 0 Å². The molecule has 0 aliphatic carbocycles. The fourth-order valence-corrected chi connectivity index (χ4v) is 3.72. The molecule has 1 fully saturated rings. The van der Waals surface area contributed by atoms with Crippen LogP contribution in [0.1, 0.15) is 51.0 Å². The highest BCUT2D eigenvalue weighted by Crippen LogP contribution is 2.26. The number of carbonyl (C=O) groups is 4. The lowest BCUT2D eigenvalue weighted by atomic mass is 10.1. The highest BCUT2D eigenvalue weighted by Gasteiger charge is 2.36. The van der Waals surface area contributed by atoms with Crippen molar-refractivity contribution in [1.29, 1.82) is 0 Å². The Morgan fingerprint density at radius 2 is 1.79 bits per heavy atom. The summed E-state index contributed by atoms with van der Waals surface area (Å²) < 4.78 is 5.19. The van der Waals surface area contributed by atoms with E-state index in [1.165, 1.54) is 6.92 Å². The number of hydrogen-bond acceptors (Lipinski definition) is 5. The summed E-state index contributed by atoms with van der Waals surface area (Å²) in [5.41, 5.74) is 3.73. The molecular formula is C22H24N2O5. The molecule has 1 aliphatic rings. The summed E-state index contributed by atoms with van der Waals surface area (Å²) in [6.45, 7) is 6.59. The van der Waals surface area contributed by atoms with Crippen LogP contribution in [-0.4, -0.2) is 41.6 Å². The number of Topliss-reactive ketones (excluding diaryl/α,β-unsaturated/α-hetero) is 2. The number of amides is 1. The number of ketones is 2. The molecule has 0 unspecified atom stereocenters. The summed E-state index contributed by atoms with van der Waals surface area (Å²) in [5.74, 6) is -1.88. The molecular weight excluding hydrogens is 372 g/mol. The summed E-state index contributed by atoms with van der Waals surface area (Å²) in [6.07, 6.45) is 0.0516. The fraction of sp³-hybridized carbons (Fsp3) is 0.364. The average molecular weight is 396 g/mol. The number of aryl methyl sites for hydroxylation is 2. The monoisotopic (exact) mass is 396 g/mol. The van der Waals surface area contributed by atoms with Crippen LogP contribution in [0.3, 0.4) is 0 Å². The predicted octanol–water partition coefficient (Wildman–Crippen LogP) is 2.92. The predicted molar refractivity (Wildman–Crippen MR) is 107 cm³/mol. The molecule has 152 valence electrons. The van der Waals surface area contributed by atoms with Crippen molar-refractivity contribution >= 4 is 29.1 Å². The molecule has 1 saturated heterocycles. The number of nitrogens with one attached hydrogen (secondary N) is 1. The van der Waals surface area contributed by atoms with E-state index < -0.39 is 24.3 Å². The second-order valence-corrected chi connectivity index (χ2v) is 7.45. The van der Waals surface area contributed by atoms with E-state index in [0.29, 0.717) is 16.8 Å². The molecule has 0 spiro atoms. The minimum absolute atomic E-state index is 0.0516. The minimum atomic E-state index is -0.615. The number of rotatable bonds is 6. The molecule has 1 amide bonds. The Kier molecular flexibility index (Phi) is 5.68. The van der Waals surface area contributed by atoms with Crippen molar-refractivity contribution in [3.63, 3.8) is 0 Å². The van der Waals surface area contributed by atoms with Crippen LogP contribution in [0, 0.1) is 26.7 Å². The van der Waals surface area contributed by atoms with Crippen LogP contribution in [0.5, 0.6) is 0 Å². The first-order valence-corrected chi connectivity index (χ1v) is 9.46. The molecule has 1 aliphatic heterocycles. The second kappa shape index (κ2) is 8.03. The molecule has 1 aromatic carbocycles. The van der Waals surface area contributed by atoms with Gasteiger partial charge in [0, 0.05) is 29.9 Å². The van der Waals surface area contributed by atoms with E-state index in [9.17, 15) is 19.2 Å². The molecule has 7 nitrogen and oxygen atoms in total. The zero-order valence-corrected chi connectivity index (χ0v) is 17.0. The van der Waals surface area contributed by atoms with Gasteiger partial charge in [-0.3, -0.25) is 19.2 Å². The highest BCUT2D eigenvalue weighted by atomic mass is 16.5. The Labute approximate surface area is 169 Å². The van der Waals surface area contributed by atoms with Crippen molar-refractivity contribution in [1.82, 2.24) is 4.98 Å². The number of carbonyl (C=O) groups excluding carboxylic acids is 4. The number of nitrogens with zero attached hydrogens (tertiary/aromatic N) is 1. The minimum Gasteiger partial charge on any atom is -0.457 e. The van der Waals surface area contributed by atoms with Gasteiger partial charge < -0.3 is 14.6 Å². The van der Waals surface area contributed by atoms with Crippen molar-refractivity contribution in [2.75, 3.05) is 18.1 Å². The Morgan fingerprint density at radius 3 is 2.38 bits per heavy atom. The van der Waals surface area contributed by atoms with Crippen molar-refractivity contribution in [2.45, 2.75) is 34.1 Å². The third-order valence-corrected chi connectivity index (χ3v) is 5.22. The summed E-state index contributed by atoms with van der Waals surface area (Å²) in [7, 11) is 0. The SMILES string of the molecule is CC(=O)c1c(C)[nH]c(C(=O)COC(=O)[C@@H]2CC(=O)N(c3ccc(C)cc3)C2)c1C. The van der Waals surface area contributed by atoms with Gasteiger partial charge in [0.25, 0.3) is 0 Å². The van der Waals surface area contributed by atoms with E-state index in [1.54, 1.807) is 18.7 Å². The molecule has 2 aromatic rings. The zero-order valence-electron chi connectivity index (χ0n) is 17.0. The average Bonchev–Trinajstić information content (AvgIpc) is 3.19. The van der Waals surface area contributed by atoms with Gasteiger partial charge in [0.1, 0.15) is 0 Å². The molecule has 1 N–H and O–H groups in total. The first-order chi connectivity index (χ1) is 13.7. The van der Waals surface area contributed by atoms with Crippen molar-refractivity contribution < 1.29 is 23.9 Å². The molecule has 0 radical (unpaired) electrons. The third kappa shape index (κ3) is 4.13. The summed E-state index contributed by atoms with van der Waals surface area (Å²) in [6, 6.07) is 7.49. The van der Waals surface area contributed by atoms with Gasteiger partial charge in [-0.05, 0) is 45.4 Å². The molecule has 1 atom stereocenters. The molecule has 3 rings (SSSR count). The van der Waals surface area contributed by atoms with Crippen molar-refractivity contribution in [2.24, 2.45) is 5.92 Å². The Balaban J connectivity index is 1.62. The van der Waals surface area contributed by atoms with Crippen LogP contribution in [0.25, 0.3) is 0 Å². The van der Waals surface area contributed by atoms with Crippen LogP contribution in [0.2, 0.25) is 0 Å². The Bertz CT molecular complexity index is 987. The fourth-order valence-electron chi connectivity index (χ4n) is 3.72. The maximum atomic E-state index is 12.5. The summed E-state index contributed by atoms with van der Waals surface area (Å²) >= 11 is 0. The van der Waals surface area contributed by atoms with Gasteiger partial charge >= 0.3 is 5.97 Å². The zero-order chi connectivity index (χ0) is 21.3. The van der Waals surface area contributed by atoms with E-state index in [2.05, 4.69) is 4.98 Å². The van der Waals surface area contributed by atoms with Crippen LogP contribution in [-0.2, 0) is 14.3 Å². The van der Waals surface area contributed by atoms with Crippen LogP contribution in [0.4, 0.5) is 5.69 Å². The van der Waals surface area contributed by atoms with Gasteiger partial charge in [-0.2, -0.15) is 0 Å². The van der Waals surface area contributed by atoms with Gasteiger partial charge in [0.15, 0.2) is 12.4 Å². The van der Waals surface area contributed by atoms with E-state index in [0.717, 1.165) is 11.3 Å². The van der Waals surface area contributed by atoms with Crippen molar-refractivity contribution in [3.8, 4) is 0 Å². The van der Waals surface area contributed by atoms with E-state index in [-0.39, 0.29) is 30.3 Å². The molecule has 2 heterocycles. The van der Waals surface area contributed by atoms with E-state index in [4.69, 9.17) is 4.74 Å². The number of H-pyrrole nitrogens is 1. The summed E-state index contributed by atoms with van der Waals surface area (Å²) in [4.78, 5) is 53.3. The summed E-state index contributed by atoms with van der Waals surface area (Å²) in [5, 5.41) is 0. The lowest BCUT2D eigenvalue weighted by Gasteiger charge is -2.16. The van der Waals surface area contributed by atoms with Gasteiger partial charge in [-0.15, -0.1) is 0 Å². The molecule has 7 heteroatoms. The maximum absolute atomic E-state index is 12.5. The number of aromatic amines is 1. The second-order valence-electron chi connectivity index (χ2n) is 7.45. The number of benzene rings is 1. The largest absolute Gasteiger partial charge is 0.457 e. The lowest BCUT2D eigenvalue weighted by molar-refractivity contribution is -0.147. The Morgan fingerprint density at radius 1 is 1.14 bits per heavy atom. The maximum Gasteiger partial charge on any atom is 0.311 e. The number of ether oxygens (including phenoxy) is 1. The van der Waals surface area contributed by atoms with Crippen molar-refractivity contribution in [3.05, 3.63) is 52.3 Å². The van der Waals surface area contributed by atoms with Gasteiger partial charge in [0.05, 0.1) is 11.6 Å². The third-order valence-electron chi connectivity index (χ3n) is 5.22. The van der Waals surface area contributed by atoms with Gasteiger partial charge in [-0.1, -0.05) is 17.7 Å². The number of hydrogen-bond donors (Lipinski definition) is 1.